The van der Waals surface area contributed by atoms with Crippen LogP contribution in [-0.4, -0.2) is 20.0 Å². The highest BCUT2D eigenvalue weighted by molar-refractivity contribution is 7.91. The predicted molar refractivity (Wildman–Crippen MR) is 95.7 cm³/mol. The van der Waals surface area contributed by atoms with Crippen molar-refractivity contribution < 1.29 is 8.42 Å². The number of rotatable bonds is 7. The molecule has 0 saturated heterocycles. The molecule has 0 bridgehead atoms. The number of aryl methyl sites for hydroxylation is 1. The summed E-state index contributed by atoms with van der Waals surface area (Å²) in [6, 6.07) is 16.7. The Hall–Kier alpha value is -1.94. The molecule has 0 N–H and O–H groups in total. The third-order valence-corrected chi connectivity index (χ3v) is 5.14. The van der Waals surface area contributed by atoms with Gasteiger partial charge in [0.15, 0.2) is 9.84 Å². The second kappa shape index (κ2) is 8.06. The van der Waals surface area contributed by atoms with E-state index >= 15 is 0 Å². The molecule has 0 aliphatic rings. The van der Waals surface area contributed by atoms with Crippen LogP contribution in [0.15, 0.2) is 64.5 Å². The van der Waals surface area contributed by atoms with Crippen LogP contribution in [0.25, 0.3) is 0 Å². The average Bonchev–Trinajstić information content (AvgIpc) is 2.56. The molecular formula is C19H23NO2S. The molecule has 2 rings (SSSR count). The normalized spacial score (nSPS) is 12.3. The van der Waals surface area contributed by atoms with Gasteiger partial charge in [0.1, 0.15) is 5.88 Å². The minimum Gasteiger partial charge on any atom is -0.273 e. The number of hydrogen-bond donors (Lipinski definition) is 0. The molecule has 0 radical (unpaired) electrons. The van der Waals surface area contributed by atoms with Gasteiger partial charge in [0.05, 0.1) is 4.90 Å². The highest BCUT2D eigenvalue weighted by Gasteiger charge is 2.14. The zero-order chi connectivity index (χ0) is 16.7. The van der Waals surface area contributed by atoms with E-state index in [9.17, 15) is 8.42 Å². The minimum atomic E-state index is -3.39. The molecule has 0 amide bonds. The maximum Gasteiger partial charge on any atom is 0.198 e. The van der Waals surface area contributed by atoms with Crippen molar-refractivity contribution >= 4 is 15.5 Å². The van der Waals surface area contributed by atoms with Crippen LogP contribution in [0.4, 0.5) is 0 Å². The number of unbranched alkanes of at least 4 members (excludes halogenated alkanes) is 1. The molecule has 122 valence electrons. The summed E-state index contributed by atoms with van der Waals surface area (Å²) < 4.78 is 24.9. The van der Waals surface area contributed by atoms with E-state index < -0.39 is 9.84 Å². The van der Waals surface area contributed by atoms with Gasteiger partial charge in [-0.25, -0.2) is 8.42 Å². The van der Waals surface area contributed by atoms with Crippen molar-refractivity contribution in [1.29, 1.82) is 0 Å². The summed E-state index contributed by atoms with van der Waals surface area (Å²) in [5.41, 5.74) is 2.91. The lowest BCUT2D eigenvalue weighted by molar-refractivity contribution is 0.596. The average molecular weight is 329 g/mol. The molecule has 2 aromatic carbocycles. The van der Waals surface area contributed by atoms with Crippen molar-refractivity contribution in [2.45, 2.75) is 38.0 Å². The third-order valence-electron chi connectivity index (χ3n) is 3.68. The van der Waals surface area contributed by atoms with Gasteiger partial charge in [-0.15, -0.1) is 0 Å². The predicted octanol–water partition coefficient (Wildman–Crippen LogP) is 4.41. The first kappa shape index (κ1) is 17.4. The zero-order valence-electron chi connectivity index (χ0n) is 13.7. The summed E-state index contributed by atoms with van der Waals surface area (Å²) in [6.45, 7) is 4.05. The van der Waals surface area contributed by atoms with E-state index in [0.29, 0.717) is 4.90 Å². The monoisotopic (exact) mass is 329 g/mol. The van der Waals surface area contributed by atoms with E-state index in [2.05, 4.69) is 11.9 Å². The Kier molecular flexibility index (Phi) is 6.11. The van der Waals surface area contributed by atoms with Crippen LogP contribution in [-0.2, 0) is 9.84 Å². The first-order chi connectivity index (χ1) is 11.0. The SMILES string of the molecule is CCCCC(=NCS(=O)(=O)c1ccc(C)cc1)c1ccccc1. The fourth-order valence-electron chi connectivity index (χ4n) is 2.27. The molecule has 0 saturated carbocycles. The molecule has 23 heavy (non-hydrogen) atoms. The Bertz CT molecular complexity index is 748. The van der Waals surface area contributed by atoms with Gasteiger partial charge in [-0.3, -0.25) is 4.99 Å². The van der Waals surface area contributed by atoms with Crippen LogP contribution in [0.3, 0.4) is 0 Å². The highest BCUT2D eigenvalue weighted by Crippen LogP contribution is 2.14. The first-order valence-electron chi connectivity index (χ1n) is 7.91. The molecule has 0 unspecified atom stereocenters. The summed E-state index contributed by atoms with van der Waals surface area (Å²) in [5.74, 6) is -0.204. The molecule has 0 aliphatic carbocycles. The van der Waals surface area contributed by atoms with Gasteiger partial charge >= 0.3 is 0 Å². The van der Waals surface area contributed by atoms with E-state index in [1.165, 1.54) is 0 Å². The smallest absolute Gasteiger partial charge is 0.198 e. The topological polar surface area (TPSA) is 46.5 Å². The Labute approximate surface area is 139 Å². The maximum absolute atomic E-state index is 12.4. The van der Waals surface area contributed by atoms with Gasteiger partial charge in [0.2, 0.25) is 0 Å². The molecular weight excluding hydrogens is 306 g/mol. The Morgan fingerprint density at radius 1 is 1.00 bits per heavy atom. The summed E-state index contributed by atoms with van der Waals surface area (Å²) in [4.78, 5) is 4.76. The van der Waals surface area contributed by atoms with Crippen molar-refractivity contribution in [3.63, 3.8) is 0 Å². The fourth-order valence-corrected chi connectivity index (χ4v) is 3.30. The van der Waals surface area contributed by atoms with Gasteiger partial charge in [0.25, 0.3) is 0 Å². The Morgan fingerprint density at radius 3 is 2.26 bits per heavy atom. The van der Waals surface area contributed by atoms with Crippen molar-refractivity contribution in [2.75, 3.05) is 5.88 Å². The number of benzene rings is 2. The molecule has 3 nitrogen and oxygen atoms in total. The van der Waals surface area contributed by atoms with E-state index in [1.54, 1.807) is 12.1 Å². The van der Waals surface area contributed by atoms with Crippen molar-refractivity contribution in [3.8, 4) is 0 Å². The fraction of sp³-hybridized carbons (Fsp3) is 0.316. The van der Waals surface area contributed by atoms with Gasteiger partial charge in [-0.1, -0.05) is 61.4 Å². The molecule has 0 heterocycles. The van der Waals surface area contributed by atoms with Gasteiger partial charge in [0, 0.05) is 5.71 Å². The summed E-state index contributed by atoms with van der Waals surface area (Å²) in [7, 11) is -3.39. The zero-order valence-corrected chi connectivity index (χ0v) is 14.5. The van der Waals surface area contributed by atoms with Crippen LogP contribution in [0, 0.1) is 6.92 Å². The lowest BCUT2D eigenvalue weighted by Crippen LogP contribution is -2.09. The molecule has 2 aromatic rings. The second-order valence-corrected chi connectivity index (χ2v) is 7.59. The number of nitrogens with zero attached hydrogens (tertiary/aromatic N) is 1. The van der Waals surface area contributed by atoms with E-state index in [1.807, 2.05) is 49.4 Å². The molecule has 0 spiro atoms. The summed E-state index contributed by atoms with van der Waals surface area (Å²) in [6.07, 6.45) is 2.85. The number of hydrogen-bond acceptors (Lipinski definition) is 3. The maximum atomic E-state index is 12.4. The van der Waals surface area contributed by atoms with E-state index in [4.69, 9.17) is 0 Å². The van der Waals surface area contributed by atoms with Gasteiger partial charge in [-0.05, 0) is 37.5 Å². The van der Waals surface area contributed by atoms with Crippen LogP contribution >= 0.6 is 0 Å². The largest absolute Gasteiger partial charge is 0.273 e. The third kappa shape index (κ3) is 5.03. The van der Waals surface area contributed by atoms with Crippen molar-refractivity contribution in [1.82, 2.24) is 0 Å². The molecule has 0 atom stereocenters. The standard InChI is InChI=1S/C19H23NO2S/c1-3-4-10-19(17-8-6-5-7-9-17)20-15-23(21,22)18-13-11-16(2)12-14-18/h5-9,11-14H,3-4,10,15H2,1-2H3. The Balaban J connectivity index is 2.23. The first-order valence-corrected chi connectivity index (χ1v) is 9.56. The minimum absolute atomic E-state index is 0.204. The molecule has 0 fully saturated rings. The van der Waals surface area contributed by atoms with Gasteiger partial charge in [-0.2, -0.15) is 0 Å². The molecule has 0 aromatic heterocycles. The second-order valence-electron chi connectivity index (χ2n) is 5.63. The Morgan fingerprint density at radius 2 is 1.65 bits per heavy atom. The lowest BCUT2D eigenvalue weighted by atomic mass is 10.1. The van der Waals surface area contributed by atoms with Crippen LogP contribution in [0.1, 0.15) is 37.3 Å². The van der Waals surface area contributed by atoms with Crippen LogP contribution in [0.5, 0.6) is 0 Å². The summed E-state index contributed by atoms with van der Waals surface area (Å²) in [5, 5.41) is 0. The van der Waals surface area contributed by atoms with E-state index in [-0.39, 0.29) is 5.88 Å². The molecule has 4 heteroatoms. The van der Waals surface area contributed by atoms with Crippen LogP contribution < -0.4 is 0 Å². The number of aliphatic imine (C=N–C) groups is 1. The van der Waals surface area contributed by atoms with Crippen molar-refractivity contribution in [2.24, 2.45) is 4.99 Å². The highest BCUT2D eigenvalue weighted by atomic mass is 32.2. The van der Waals surface area contributed by atoms with Crippen LogP contribution in [0.2, 0.25) is 0 Å². The lowest BCUT2D eigenvalue weighted by Gasteiger charge is -2.08. The summed E-state index contributed by atoms with van der Waals surface area (Å²) >= 11 is 0. The number of sulfone groups is 1. The van der Waals surface area contributed by atoms with E-state index in [0.717, 1.165) is 36.1 Å². The van der Waals surface area contributed by atoms with Crippen molar-refractivity contribution in [3.05, 3.63) is 65.7 Å². The molecule has 0 aliphatic heterocycles. The van der Waals surface area contributed by atoms with Gasteiger partial charge < -0.3 is 0 Å². The quantitative estimate of drug-likeness (QED) is 0.707.